The SMILES string of the molecule is CCC(O)CNc1cc(C(=O)O)cc(C)n1. The average Bonchev–Trinajstić information content (AvgIpc) is 2.25. The number of aromatic carboxylic acids is 1. The summed E-state index contributed by atoms with van der Waals surface area (Å²) in [6.07, 6.45) is 0.195. The van der Waals surface area contributed by atoms with Crippen molar-refractivity contribution in [3.05, 3.63) is 23.4 Å². The van der Waals surface area contributed by atoms with Crippen LogP contribution in [0.2, 0.25) is 0 Å². The van der Waals surface area contributed by atoms with Crippen LogP contribution in [-0.4, -0.2) is 33.8 Å². The first-order valence-corrected chi connectivity index (χ1v) is 5.17. The lowest BCUT2D eigenvalue weighted by molar-refractivity contribution is 0.0696. The van der Waals surface area contributed by atoms with Crippen molar-refractivity contribution in [2.75, 3.05) is 11.9 Å². The van der Waals surface area contributed by atoms with Crippen LogP contribution in [0.25, 0.3) is 0 Å². The number of nitrogens with one attached hydrogen (secondary N) is 1. The quantitative estimate of drug-likeness (QED) is 0.701. The van der Waals surface area contributed by atoms with Crippen molar-refractivity contribution in [2.45, 2.75) is 26.4 Å². The Hall–Kier alpha value is -1.62. The van der Waals surface area contributed by atoms with Crippen LogP contribution in [0.15, 0.2) is 12.1 Å². The number of nitrogens with zero attached hydrogens (tertiary/aromatic N) is 1. The molecular formula is C11H16N2O3. The molecule has 0 amide bonds. The molecule has 5 nitrogen and oxygen atoms in total. The predicted octanol–water partition coefficient (Wildman–Crippen LogP) is 1.27. The van der Waals surface area contributed by atoms with E-state index in [-0.39, 0.29) is 5.56 Å². The monoisotopic (exact) mass is 224 g/mol. The van der Waals surface area contributed by atoms with Gasteiger partial charge in [0.05, 0.1) is 11.7 Å². The number of rotatable bonds is 5. The van der Waals surface area contributed by atoms with Gasteiger partial charge in [0.25, 0.3) is 0 Å². The summed E-state index contributed by atoms with van der Waals surface area (Å²) in [5.74, 6) is -0.505. The number of carbonyl (C=O) groups is 1. The van der Waals surface area contributed by atoms with E-state index in [4.69, 9.17) is 5.11 Å². The van der Waals surface area contributed by atoms with Gasteiger partial charge in [0.1, 0.15) is 5.82 Å². The highest BCUT2D eigenvalue weighted by molar-refractivity contribution is 5.88. The minimum absolute atomic E-state index is 0.195. The maximum atomic E-state index is 10.8. The van der Waals surface area contributed by atoms with E-state index in [2.05, 4.69) is 10.3 Å². The summed E-state index contributed by atoms with van der Waals surface area (Å²) in [7, 11) is 0. The number of carboxylic acids is 1. The van der Waals surface area contributed by atoms with E-state index in [1.807, 2.05) is 6.92 Å². The number of hydrogen-bond donors (Lipinski definition) is 3. The van der Waals surface area contributed by atoms with Crippen molar-refractivity contribution < 1.29 is 15.0 Å². The van der Waals surface area contributed by atoms with E-state index in [1.165, 1.54) is 12.1 Å². The van der Waals surface area contributed by atoms with Gasteiger partial charge in [-0.3, -0.25) is 0 Å². The van der Waals surface area contributed by atoms with E-state index >= 15 is 0 Å². The maximum absolute atomic E-state index is 10.8. The number of pyridine rings is 1. The summed E-state index contributed by atoms with van der Waals surface area (Å²) in [4.78, 5) is 14.9. The zero-order valence-electron chi connectivity index (χ0n) is 9.40. The van der Waals surface area contributed by atoms with Crippen molar-refractivity contribution in [1.29, 1.82) is 0 Å². The largest absolute Gasteiger partial charge is 0.478 e. The third kappa shape index (κ3) is 3.51. The Bertz CT molecular complexity index is 379. The molecule has 0 aliphatic carbocycles. The first kappa shape index (κ1) is 12.4. The van der Waals surface area contributed by atoms with Crippen molar-refractivity contribution in [3.63, 3.8) is 0 Å². The molecule has 1 aromatic rings. The molecule has 88 valence electrons. The third-order valence-electron chi connectivity index (χ3n) is 2.19. The second-order valence-corrected chi connectivity index (χ2v) is 3.63. The molecular weight excluding hydrogens is 208 g/mol. The molecule has 0 aromatic carbocycles. The Morgan fingerprint density at radius 1 is 1.56 bits per heavy atom. The minimum atomic E-state index is -0.982. The average molecular weight is 224 g/mol. The van der Waals surface area contributed by atoms with Gasteiger partial charge in [-0.15, -0.1) is 0 Å². The highest BCUT2D eigenvalue weighted by Gasteiger charge is 2.07. The molecule has 1 rings (SSSR count). The van der Waals surface area contributed by atoms with Crippen molar-refractivity contribution in [2.24, 2.45) is 0 Å². The highest BCUT2D eigenvalue weighted by atomic mass is 16.4. The molecule has 0 bridgehead atoms. The zero-order chi connectivity index (χ0) is 12.1. The lowest BCUT2D eigenvalue weighted by atomic mass is 10.2. The van der Waals surface area contributed by atoms with E-state index < -0.39 is 12.1 Å². The lowest BCUT2D eigenvalue weighted by Crippen LogP contribution is -2.19. The van der Waals surface area contributed by atoms with Gasteiger partial charge >= 0.3 is 5.97 Å². The Kier molecular flexibility index (Phi) is 4.25. The lowest BCUT2D eigenvalue weighted by Gasteiger charge is -2.10. The summed E-state index contributed by atoms with van der Waals surface area (Å²) in [6.45, 7) is 3.97. The summed E-state index contributed by atoms with van der Waals surface area (Å²) < 4.78 is 0. The van der Waals surface area contributed by atoms with Gasteiger partial charge in [0, 0.05) is 12.2 Å². The molecule has 3 N–H and O–H groups in total. The zero-order valence-corrected chi connectivity index (χ0v) is 9.40. The summed E-state index contributed by atoms with van der Waals surface area (Å²) in [5, 5.41) is 21.1. The van der Waals surface area contributed by atoms with Gasteiger partial charge in [0.15, 0.2) is 0 Å². The number of aliphatic hydroxyl groups is 1. The maximum Gasteiger partial charge on any atom is 0.335 e. The number of anilines is 1. The number of carboxylic acid groups (broad SMARTS) is 1. The molecule has 0 spiro atoms. The van der Waals surface area contributed by atoms with Crippen LogP contribution >= 0.6 is 0 Å². The molecule has 1 atom stereocenters. The van der Waals surface area contributed by atoms with Crippen molar-refractivity contribution >= 4 is 11.8 Å². The molecule has 0 aliphatic rings. The van der Waals surface area contributed by atoms with E-state index in [0.29, 0.717) is 24.5 Å². The molecule has 1 heterocycles. The van der Waals surface area contributed by atoms with Crippen molar-refractivity contribution in [1.82, 2.24) is 4.98 Å². The van der Waals surface area contributed by atoms with Gasteiger partial charge < -0.3 is 15.5 Å². The Balaban J connectivity index is 2.76. The summed E-state index contributed by atoms with van der Waals surface area (Å²) in [6, 6.07) is 2.96. The standard InChI is InChI=1S/C11H16N2O3/c1-3-9(14)6-12-10-5-8(11(15)16)4-7(2)13-10/h4-5,9,14H,3,6H2,1-2H3,(H,12,13)(H,15,16). The highest BCUT2D eigenvalue weighted by Crippen LogP contribution is 2.10. The topological polar surface area (TPSA) is 82.5 Å². The van der Waals surface area contributed by atoms with Gasteiger partial charge in [-0.2, -0.15) is 0 Å². The van der Waals surface area contributed by atoms with Gasteiger partial charge in [-0.25, -0.2) is 9.78 Å². The predicted molar refractivity (Wildman–Crippen MR) is 60.7 cm³/mol. The molecule has 1 aromatic heterocycles. The summed E-state index contributed by atoms with van der Waals surface area (Å²) in [5.41, 5.74) is 0.828. The molecule has 16 heavy (non-hydrogen) atoms. The van der Waals surface area contributed by atoms with Gasteiger partial charge in [-0.05, 0) is 25.5 Å². The van der Waals surface area contributed by atoms with E-state index in [0.717, 1.165) is 0 Å². The molecule has 5 heteroatoms. The van der Waals surface area contributed by atoms with Crippen LogP contribution in [0.3, 0.4) is 0 Å². The van der Waals surface area contributed by atoms with Crippen molar-refractivity contribution in [3.8, 4) is 0 Å². The Labute approximate surface area is 94.1 Å². The van der Waals surface area contributed by atoms with Crippen LogP contribution in [-0.2, 0) is 0 Å². The van der Waals surface area contributed by atoms with E-state index in [1.54, 1.807) is 6.92 Å². The van der Waals surface area contributed by atoms with Crippen LogP contribution in [0.5, 0.6) is 0 Å². The minimum Gasteiger partial charge on any atom is -0.478 e. The summed E-state index contributed by atoms with van der Waals surface area (Å²) >= 11 is 0. The fraction of sp³-hybridized carbons (Fsp3) is 0.455. The van der Waals surface area contributed by atoms with Gasteiger partial charge in [0.2, 0.25) is 0 Å². The second-order valence-electron chi connectivity index (χ2n) is 3.63. The Morgan fingerprint density at radius 2 is 2.25 bits per heavy atom. The molecule has 0 aliphatic heterocycles. The number of aryl methyl sites for hydroxylation is 1. The van der Waals surface area contributed by atoms with E-state index in [9.17, 15) is 9.90 Å². The number of aromatic nitrogens is 1. The second kappa shape index (κ2) is 5.46. The molecule has 0 saturated carbocycles. The molecule has 0 radical (unpaired) electrons. The number of aliphatic hydroxyl groups excluding tert-OH is 1. The van der Waals surface area contributed by atoms with Crippen LogP contribution in [0, 0.1) is 6.92 Å². The molecule has 1 unspecified atom stereocenters. The fourth-order valence-electron chi connectivity index (χ4n) is 1.25. The third-order valence-corrected chi connectivity index (χ3v) is 2.19. The smallest absolute Gasteiger partial charge is 0.335 e. The number of hydrogen-bond acceptors (Lipinski definition) is 4. The Morgan fingerprint density at radius 3 is 2.81 bits per heavy atom. The first-order chi connectivity index (χ1) is 7.52. The first-order valence-electron chi connectivity index (χ1n) is 5.17. The fourth-order valence-corrected chi connectivity index (χ4v) is 1.25. The molecule has 0 fully saturated rings. The van der Waals surface area contributed by atoms with Crippen LogP contribution < -0.4 is 5.32 Å². The van der Waals surface area contributed by atoms with Gasteiger partial charge in [-0.1, -0.05) is 6.92 Å². The van der Waals surface area contributed by atoms with Crippen LogP contribution in [0.1, 0.15) is 29.4 Å². The normalized spacial score (nSPS) is 12.2. The van der Waals surface area contributed by atoms with Crippen LogP contribution in [0.4, 0.5) is 5.82 Å². The molecule has 0 saturated heterocycles.